The van der Waals surface area contributed by atoms with Crippen LogP contribution in [0.1, 0.15) is 19.8 Å². The van der Waals surface area contributed by atoms with E-state index in [9.17, 15) is 4.79 Å². The van der Waals surface area contributed by atoms with Crippen molar-refractivity contribution in [3.05, 3.63) is 5.28 Å². The molecule has 1 aromatic heterocycles. The third-order valence-corrected chi connectivity index (χ3v) is 3.34. The van der Waals surface area contributed by atoms with Gasteiger partial charge in [-0.25, -0.2) is 0 Å². The highest BCUT2D eigenvalue weighted by molar-refractivity contribution is 6.28. The maximum absolute atomic E-state index is 11.7. The number of carbonyl (C=O) groups excluding carboxylic acids is 1. The van der Waals surface area contributed by atoms with Crippen molar-refractivity contribution in [2.75, 3.05) is 31.6 Å². The van der Waals surface area contributed by atoms with E-state index in [0.29, 0.717) is 19.1 Å². The molecule has 0 saturated carbocycles. The van der Waals surface area contributed by atoms with Crippen molar-refractivity contribution in [3.8, 4) is 6.01 Å². The number of amides is 1. The summed E-state index contributed by atoms with van der Waals surface area (Å²) < 4.78 is 5.26. The van der Waals surface area contributed by atoms with Gasteiger partial charge in [0, 0.05) is 20.1 Å². The molecule has 1 amide bonds. The molecule has 2 rings (SSSR count). The van der Waals surface area contributed by atoms with E-state index < -0.39 is 0 Å². The molecule has 0 aliphatic carbocycles. The monoisotopic (exact) mass is 299 g/mol. The lowest BCUT2D eigenvalue weighted by atomic mass is 9.97. The molecule has 1 aliphatic rings. The van der Waals surface area contributed by atoms with E-state index >= 15 is 0 Å². The zero-order chi connectivity index (χ0) is 14.5. The van der Waals surface area contributed by atoms with Crippen LogP contribution in [0.4, 0.5) is 5.95 Å². The van der Waals surface area contributed by atoms with Crippen molar-refractivity contribution in [3.63, 3.8) is 0 Å². The van der Waals surface area contributed by atoms with Gasteiger partial charge < -0.3 is 15.0 Å². The summed E-state index contributed by atoms with van der Waals surface area (Å²) in [4.78, 5) is 25.9. The van der Waals surface area contributed by atoms with E-state index in [1.165, 1.54) is 0 Å². The molecule has 8 heteroatoms. The molecule has 1 N–H and O–H groups in total. The second-order valence-corrected chi connectivity index (χ2v) is 4.86. The van der Waals surface area contributed by atoms with Crippen LogP contribution >= 0.6 is 11.6 Å². The number of anilines is 1. The van der Waals surface area contributed by atoms with Crippen LogP contribution in [0.25, 0.3) is 0 Å². The molecular weight excluding hydrogens is 282 g/mol. The van der Waals surface area contributed by atoms with Crippen LogP contribution in [0.3, 0.4) is 0 Å². The fourth-order valence-electron chi connectivity index (χ4n) is 2.23. The Labute approximate surface area is 122 Å². The Hall–Kier alpha value is -1.63. The first-order valence-corrected chi connectivity index (χ1v) is 7.02. The maximum Gasteiger partial charge on any atom is 0.322 e. The van der Waals surface area contributed by atoms with Crippen LogP contribution in [-0.4, -0.2) is 47.6 Å². The van der Waals surface area contributed by atoms with Crippen molar-refractivity contribution in [1.29, 1.82) is 0 Å². The van der Waals surface area contributed by atoms with Gasteiger partial charge in [0.1, 0.15) is 0 Å². The molecule has 7 nitrogen and oxygen atoms in total. The minimum absolute atomic E-state index is 0.0416. The van der Waals surface area contributed by atoms with Gasteiger partial charge in [0.15, 0.2) is 0 Å². The van der Waals surface area contributed by atoms with Crippen molar-refractivity contribution in [2.45, 2.75) is 19.8 Å². The second-order valence-electron chi connectivity index (χ2n) is 4.52. The Bertz CT molecular complexity index is 485. The zero-order valence-corrected chi connectivity index (χ0v) is 12.4. The second kappa shape index (κ2) is 6.69. The summed E-state index contributed by atoms with van der Waals surface area (Å²) in [6.07, 6.45) is 1.78. The van der Waals surface area contributed by atoms with E-state index in [2.05, 4.69) is 20.3 Å². The minimum atomic E-state index is -0.0557. The topological polar surface area (TPSA) is 80.2 Å². The molecule has 1 aliphatic heterocycles. The largest absolute Gasteiger partial charge is 0.464 e. The summed E-state index contributed by atoms with van der Waals surface area (Å²) in [6, 6.07) is 0.213. The number of rotatable bonds is 4. The number of hydrogen-bond acceptors (Lipinski definition) is 6. The molecule has 0 radical (unpaired) electrons. The lowest BCUT2D eigenvalue weighted by molar-refractivity contribution is -0.124. The van der Waals surface area contributed by atoms with Crippen LogP contribution in [0, 0.1) is 5.92 Å². The van der Waals surface area contributed by atoms with E-state index in [1.807, 2.05) is 11.8 Å². The lowest BCUT2D eigenvalue weighted by Crippen LogP contribution is -2.42. The molecule has 2 heterocycles. The summed E-state index contributed by atoms with van der Waals surface area (Å²) in [6.45, 7) is 3.67. The molecule has 1 unspecified atom stereocenters. The number of ether oxygens (including phenoxy) is 1. The van der Waals surface area contributed by atoms with Gasteiger partial charge in [0.2, 0.25) is 17.1 Å². The molecule has 0 aromatic carbocycles. The molecular formula is C12H18ClN5O2. The Morgan fingerprint density at radius 1 is 1.50 bits per heavy atom. The Morgan fingerprint density at radius 3 is 3.00 bits per heavy atom. The molecule has 1 saturated heterocycles. The van der Waals surface area contributed by atoms with E-state index in [4.69, 9.17) is 16.3 Å². The predicted octanol–water partition coefficient (Wildman–Crippen LogP) is 0.886. The number of nitrogens with zero attached hydrogens (tertiary/aromatic N) is 4. The van der Waals surface area contributed by atoms with Crippen LogP contribution in [0.2, 0.25) is 5.28 Å². The van der Waals surface area contributed by atoms with E-state index in [-0.39, 0.29) is 23.1 Å². The summed E-state index contributed by atoms with van der Waals surface area (Å²) in [5.74, 6) is 0.446. The number of carbonyl (C=O) groups is 1. The first-order chi connectivity index (χ1) is 9.63. The zero-order valence-electron chi connectivity index (χ0n) is 11.6. The van der Waals surface area contributed by atoms with Gasteiger partial charge in [-0.2, -0.15) is 15.0 Å². The number of aromatic nitrogens is 3. The Balaban J connectivity index is 2.15. The van der Waals surface area contributed by atoms with Gasteiger partial charge >= 0.3 is 6.01 Å². The lowest BCUT2D eigenvalue weighted by Gasteiger charge is -2.31. The van der Waals surface area contributed by atoms with Gasteiger partial charge in [-0.1, -0.05) is 0 Å². The smallest absolute Gasteiger partial charge is 0.322 e. The third-order valence-electron chi connectivity index (χ3n) is 3.17. The van der Waals surface area contributed by atoms with Gasteiger partial charge in [-0.05, 0) is 31.4 Å². The van der Waals surface area contributed by atoms with Gasteiger partial charge in [0.05, 0.1) is 12.5 Å². The highest BCUT2D eigenvalue weighted by atomic mass is 35.5. The highest BCUT2D eigenvalue weighted by Gasteiger charge is 2.27. The van der Waals surface area contributed by atoms with E-state index in [1.54, 1.807) is 7.05 Å². The number of piperidine rings is 1. The Morgan fingerprint density at radius 2 is 2.30 bits per heavy atom. The quantitative estimate of drug-likeness (QED) is 0.889. The first kappa shape index (κ1) is 14.8. The first-order valence-electron chi connectivity index (χ1n) is 6.65. The normalized spacial score (nSPS) is 18.8. The van der Waals surface area contributed by atoms with Gasteiger partial charge in [-0.3, -0.25) is 4.79 Å². The van der Waals surface area contributed by atoms with Crippen LogP contribution in [-0.2, 0) is 4.79 Å². The minimum Gasteiger partial charge on any atom is -0.464 e. The highest BCUT2D eigenvalue weighted by Crippen LogP contribution is 2.22. The summed E-state index contributed by atoms with van der Waals surface area (Å²) >= 11 is 5.88. The van der Waals surface area contributed by atoms with Crippen LogP contribution in [0.15, 0.2) is 0 Å². The molecule has 1 atom stereocenters. The van der Waals surface area contributed by atoms with Crippen molar-refractivity contribution in [1.82, 2.24) is 20.3 Å². The third kappa shape index (κ3) is 3.47. The summed E-state index contributed by atoms with van der Waals surface area (Å²) in [5, 5.41) is 2.78. The van der Waals surface area contributed by atoms with Gasteiger partial charge in [-0.15, -0.1) is 0 Å². The Kier molecular flexibility index (Phi) is 4.94. The molecule has 1 fully saturated rings. The van der Waals surface area contributed by atoms with Crippen molar-refractivity contribution < 1.29 is 9.53 Å². The molecule has 0 bridgehead atoms. The summed E-state index contributed by atoms with van der Waals surface area (Å²) in [7, 11) is 1.65. The molecule has 20 heavy (non-hydrogen) atoms. The average Bonchev–Trinajstić information content (AvgIpc) is 2.46. The number of hydrogen-bond donors (Lipinski definition) is 1. The maximum atomic E-state index is 11.7. The van der Waals surface area contributed by atoms with Gasteiger partial charge in [0.25, 0.3) is 0 Å². The summed E-state index contributed by atoms with van der Waals surface area (Å²) in [5.41, 5.74) is 0. The standard InChI is InChI=1S/C12H18ClN5O2/c1-3-20-12-16-10(13)15-11(17-12)18-6-4-5-8(7-18)9(19)14-2/h8H,3-7H2,1-2H3,(H,14,19). The molecule has 1 aromatic rings. The number of halogens is 1. The fourth-order valence-corrected chi connectivity index (χ4v) is 2.38. The fraction of sp³-hybridized carbons (Fsp3) is 0.667. The molecule has 110 valence electrons. The van der Waals surface area contributed by atoms with Crippen molar-refractivity contribution in [2.24, 2.45) is 5.92 Å². The van der Waals surface area contributed by atoms with E-state index in [0.717, 1.165) is 19.4 Å². The SMILES string of the molecule is CCOc1nc(Cl)nc(N2CCCC(C(=O)NC)C2)n1. The van der Waals surface area contributed by atoms with Crippen molar-refractivity contribution >= 4 is 23.5 Å². The van der Waals surface area contributed by atoms with Crippen LogP contribution < -0.4 is 15.0 Å². The average molecular weight is 300 g/mol. The number of nitrogens with one attached hydrogen (secondary N) is 1. The predicted molar refractivity (Wildman–Crippen MR) is 75.0 cm³/mol. The molecule has 0 spiro atoms. The van der Waals surface area contributed by atoms with Crippen LogP contribution in [0.5, 0.6) is 6.01 Å².